The number of anilines is 1. The maximum absolute atomic E-state index is 12.6. The van der Waals surface area contributed by atoms with Crippen molar-refractivity contribution < 1.29 is 9.59 Å². The number of hydrogen-bond donors (Lipinski definition) is 0. The van der Waals surface area contributed by atoms with E-state index < -0.39 is 11.8 Å². The molecular weight excluding hydrogens is 276 g/mol. The number of likely N-dealkylation sites (N-methyl/N-ethyl adjacent to an activating group) is 1. The van der Waals surface area contributed by atoms with Crippen molar-refractivity contribution in [2.24, 2.45) is 11.8 Å². The Balaban J connectivity index is 2.93. The Kier molecular flexibility index (Phi) is 7.09. The summed E-state index contributed by atoms with van der Waals surface area (Å²) in [7, 11) is 0. The monoisotopic (exact) mass is 304 g/mol. The molecule has 0 unspecified atom stereocenters. The predicted molar refractivity (Wildman–Crippen MR) is 90.7 cm³/mol. The van der Waals surface area contributed by atoms with Gasteiger partial charge in [0.25, 0.3) is 0 Å². The lowest BCUT2D eigenvalue weighted by Gasteiger charge is -2.28. The van der Waals surface area contributed by atoms with Gasteiger partial charge < -0.3 is 9.80 Å². The molecule has 0 spiro atoms. The summed E-state index contributed by atoms with van der Waals surface area (Å²) < 4.78 is 0. The lowest BCUT2D eigenvalue weighted by Crippen LogP contribution is -2.47. The van der Waals surface area contributed by atoms with Crippen LogP contribution in [0.1, 0.15) is 34.6 Å². The summed E-state index contributed by atoms with van der Waals surface area (Å²) >= 11 is 0. The van der Waals surface area contributed by atoms with E-state index in [2.05, 4.69) is 27.7 Å². The summed E-state index contributed by atoms with van der Waals surface area (Å²) in [5.41, 5.74) is 0.761. The Labute approximate surface area is 134 Å². The van der Waals surface area contributed by atoms with Crippen molar-refractivity contribution >= 4 is 17.5 Å². The van der Waals surface area contributed by atoms with Gasteiger partial charge in [0.1, 0.15) is 0 Å². The van der Waals surface area contributed by atoms with Crippen LogP contribution in [0.5, 0.6) is 0 Å². The minimum atomic E-state index is -0.449. The summed E-state index contributed by atoms with van der Waals surface area (Å²) in [5.74, 6) is -0.187. The number of amides is 2. The molecule has 0 saturated carbocycles. The average molecular weight is 304 g/mol. The number of benzene rings is 1. The highest BCUT2D eigenvalue weighted by Crippen LogP contribution is 2.15. The molecule has 1 aromatic carbocycles. The first-order chi connectivity index (χ1) is 10.4. The summed E-state index contributed by atoms with van der Waals surface area (Å²) in [6, 6.07) is 9.34. The van der Waals surface area contributed by atoms with Gasteiger partial charge in [-0.1, -0.05) is 45.9 Å². The molecule has 1 rings (SSSR count). The van der Waals surface area contributed by atoms with Gasteiger partial charge in [-0.2, -0.15) is 0 Å². The third-order valence-electron chi connectivity index (χ3n) is 3.27. The van der Waals surface area contributed by atoms with Crippen molar-refractivity contribution in [2.45, 2.75) is 34.6 Å². The first kappa shape index (κ1) is 18.2. The molecule has 0 bridgehead atoms. The van der Waals surface area contributed by atoms with Crippen molar-refractivity contribution in [1.82, 2.24) is 4.90 Å². The molecule has 0 aliphatic heterocycles. The highest BCUT2D eigenvalue weighted by molar-refractivity contribution is 6.40. The van der Waals surface area contributed by atoms with Gasteiger partial charge in [-0.3, -0.25) is 9.59 Å². The van der Waals surface area contributed by atoms with E-state index in [4.69, 9.17) is 0 Å². The van der Waals surface area contributed by atoms with Gasteiger partial charge in [-0.05, 0) is 30.9 Å². The fourth-order valence-corrected chi connectivity index (χ4v) is 2.42. The molecule has 0 aromatic heterocycles. The van der Waals surface area contributed by atoms with E-state index in [1.807, 2.05) is 37.3 Å². The maximum atomic E-state index is 12.6. The summed E-state index contributed by atoms with van der Waals surface area (Å²) in [6.07, 6.45) is 0. The predicted octanol–water partition coefficient (Wildman–Crippen LogP) is 3.18. The van der Waals surface area contributed by atoms with Crippen LogP contribution in [-0.2, 0) is 9.59 Å². The second kappa shape index (κ2) is 8.57. The van der Waals surface area contributed by atoms with Crippen molar-refractivity contribution in [2.75, 3.05) is 24.5 Å². The standard InChI is InChI=1S/C18H28N2O2/c1-6-20(16-10-8-7-9-11-16)18(22)17(21)19(12-14(2)3)13-15(4)5/h7-11,14-15H,6,12-13H2,1-5H3. The van der Waals surface area contributed by atoms with Crippen LogP contribution in [0.2, 0.25) is 0 Å². The van der Waals surface area contributed by atoms with Crippen molar-refractivity contribution in [3.63, 3.8) is 0 Å². The molecule has 122 valence electrons. The first-order valence-corrected chi connectivity index (χ1v) is 8.02. The van der Waals surface area contributed by atoms with Gasteiger partial charge in [0.05, 0.1) is 0 Å². The largest absolute Gasteiger partial charge is 0.334 e. The SMILES string of the molecule is CCN(C(=O)C(=O)N(CC(C)C)CC(C)C)c1ccccc1. The Morgan fingerprint density at radius 2 is 1.41 bits per heavy atom. The smallest absolute Gasteiger partial charge is 0.316 e. The Hall–Kier alpha value is -1.84. The first-order valence-electron chi connectivity index (χ1n) is 8.02. The van der Waals surface area contributed by atoms with Crippen LogP contribution in [0, 0.1) is 11.8 Å². The Morgan fingerprint density at radius 3 is 1.82 bits per heavy atom. The molecule has 0 radical (unpaired) electrons. The van der Waals surface area contributed by atoms with Gasteiger partial charge in [-0.15, -0.1) is 0 Å². The van der Waals surface area contributed by atoms with E-state index in [0.717, 1.165) is 5.69 Å². The van der Waals surface area contributed by atoms with Crippen LogP contribution >= 0.6 is 0 Å². The second-order valence-corrected chi connectivity index (χ2v) is 6.38. The molecule has 0 N–H and O–H groups in total. The number of carbonyl (C=O) groups excluding carboxylic acids is 2. The fourth-order valence-electron chi connectivity index (χ4n) is 2.42. The molecule has 0 saturated heterocycles. The molecule has 0 heterocycles. The molecule has 0 fully saturated rings. The van der Waals surface area contributed by atoms with Crippen LogP contribution in [0.3, 0.4) is 0 Å². The highest BCUT2D eigenvalue weighted by Gasteiger charge is 2.27. The number of nitrogens with zero attached hydrogens (tertiary/aromatic N) is 2. The molecule has 22 heavy (non-hydrogen) atoms. The fraction of sp³-hybridized carbons (Fsp3) is 0.556. The third-order valence-corrected chi connectivity index (χ3v) is 3.27. The molecule has 4 heteroatoms. The van der Waals surface area contributed by atoms with Crippen LogP contribution in [-0.4, -0.2) is 36.3 Å². The number of para-hydroxylation sites is 1. The highest BCUT2D eigenvalue weighted by atomic mass is 16.2. The lowest BCUT2D eigenvalue weighted by atomic mass is 10.1. The lowest BCUT2D eigenvalue weighted by molar-refractivity contribution is -0.145. The van der Waals surface area contributed by atoms with Crippen molar-refractivity contribution in [3.05, 3.63) is 30.3 Å². The maximum Gasteiger partial charge on any atom is 0.316 e. The van der Waals surface area contributed by atoms with E-state index in [1.165, 1.54) is 4.90 Å². The molecule has 4 nitrogen and oxygen atoms in total. The quantitative estimate of drug-likeness (QED) is 0.757. The Bertz CT molecular complexity index is 473. The van der Waals surface area contributed by atoms with E-state index in [0.29, 0.717) is 31.5 Å². The summed E-state index contributed by atoms with van der Waals surface area (Å²) in [4.78, 5) is 28.5. The van der Waals surface area contributed by atoms with Crippen LogP contribution in [0.4, 0.5) is 5.69 Å². The van der Waals surface area contributed by atoms with Gasteiger partial charge in [0, 0.05) is 25.3 Å². The molecule has 0 aliphatic rings. The van der Waals surface area contributed by atoms with E-state index in [-0.39, 0.29) is 0 Å². The summed E-state index contributed by atoms with van der Waals surface area (Å²) in [6.45, 7) is 11.8. The topological polar surface area (TPSA) is 40.6 Å². The number of carbonyl (C=O) groups is 2. The van der Waals surface area contributed by atoms with Gasteiger partial charge >= 0.3 is 11.8 Å². The third kappa shape index (κ3) is 5.17. The second-order valence-electron chi connectivity index (χ2n) is 6.38. The van der Waals surface area contributed by atoms with Crippen molar-refractivity contribution in [1.29, 1.82) is 0 Å². The number of hydrogen-bond acceptors (Lipinski definition) is 2. The van der Waals surface area contributed by atoms with E-state index in [9.17, 15) is 9.59 Å². The van der Waals surface area contributed by atoms with E-state index in [1.54, 1.807) is 4.90 Å². The molecule has 0 aliphatic carbocycles. The molecule has 2 amide bonds. The zero-order valence-corrected chi connectivity index (χ0v) is 14.4. The normalized spacial score (nSPS) is 10.9. The minimum Gasteiger partial charge on any atom is -0.334 e. The van der Waals surface area contributed by atoms with Crippen molar-refractivity contribution in [3.8, 4) is 0 Å². The molecule has 1 aromatic rings. The van der Waals surface area contributed by atoms with Gasteiger partial charge in [-0.25, -0.2) is 0 Å². The molecule has 0 atom stereocenters. The van der Waals surface area contributed by atoms with Crippen LogP contribution in [0.15, 0.2) is 30.3 Å². The zero-order valence-electron chi connectivity index (χ0n) is 14.4. The van der Waals surface area contributed by atoms with Gasteiger partial charge in [0.15, 0.2) is 0 Å². The zero-order chi connectivity index (χ0) is 16.7. The average Bonchev–Trinajstić information content (AvgIpc) is 2.46. The van der Waals surface area contributed by atoms with E-state index >= 15 is 0 Å². The Morgan fingerprint density at radius 1 is 0.909 bits per heavy atom. The number of rotatable bonds is 6. The minimum absolute atomic E-state index is 0.335. The van der Waals surface area contributed by atoms with Crippen LogP contribution in [0.25, 0.3) is 0 Å². The summed E-state index contributed by atoms with van der Waals surface area (Å²) in [5, 5.41) is 0. The van der Waals surface area contributed by atoms with Crippen LogP contribution < -0.4 is 4.90 Å². The molecular formula is C18H28N2O2. The van der Waals surface area contributed by atoms with Gasteiger partial charge in [0.2, 0.25) is 0 Å².